The van der Waals surface area contributed by atoms with Gasteiger partial charge in [-0.25, -0.2) is 9.59 Å². The van der Waals surface area contributed by atoms with Crippen molar-refractivity contribution in [3.63, 3.8) is 0 Å². The van der Waals surface area contributed by atoms with Crippen molar-refractivity contribution in [2.75, 3.05) is 14.2 Å². The minimum atomic E-state index is -0.794. The molecule has 0 saturated carbocycles. The van der Waals surface area contributed by atoms with Crippen LogP contribution in [-0.2, 0) is 35.1 Å². The molecule has 0 aliphatic carbocycles. The molecule has 8 heteroatoms. The maximum atomic E-state index is 12.7. The summed E-state index contributed by atoms with van der Waals surface area (Å²) in [5, 5.41) is 0. The van der Waals surface area contributed by atoms with E-state index in [1.54, 1.807) is 32.9 Å². The molecule has 0 atom stereocenters. The van der Waals surface area contributed by atoms with E-state index in [4.69, 9.17) is 18.9 Å². The van der Waals surface area contributed by atoms with Crippen LogP contribution in [0.1, 0.15) is 43.6 Å². The largest absolute Gasteiger partial charge is 0.500 e. The first-order valence-corrected chi connectivity index (χ1v) is 8.06. The van der Waals surface area contributed by atoms with Gasteiger partial charge in [-0.1, -0.05) is 12.1 Å². The molecule has 148 valence electrons. The number of methoxy groups -OCH3 is 2. The molecule has 8 nitrogen and oxygen atoms in total. The number of hydrogen-bond donors (Lipinski definition) is 0. The highest BCUT2D eigenvalue weighted by Crippen LogP contribution is 2.28. The predicted octanol–water partition coefficient (Wildman–Crippen LogP) is 2.74. The fourth-order valence-electron chi connectivity index (χ4n) is 1.96. The predicted molar refractivity (Wildman–Crippen MR) is 94.8 cm³/mol. The average molecular weight is 380 g/mol. The molecular weight excluding hydrogens is 356 g/mol. The molecule has 0 aliphatic heterocycles. The van der Waals surface area contributed by atoms with Gasteiger partial charge in [-0.15, -0.1) is 0 Å². The fraction of sp³-hybridized carbons (Fsp3) is 0.421. The van der Waals surface area contributed by atoms with Crippen LogP contribution in [0.2, 0.25) is 0 Å². The molecule has 0 fully saturated rings. The van der Waals surface area contributed by atoms with Crippen molar-refractivity contribution in [2.45, 2.75) is 39.9 Å². The van der Waals surface area contributed by atoms with E-state index in [0.29, 0.717) is 5.56 Å². The summed E-state index contributed by atoms with van der Waals surface area (Å²) in [6.45, 7) is 6.23. The maximum Gasteiger partial charge on any atom is 0.377 e. The number of esters is 3. The van der Waals surface area contributed by atoms with Gasteiger partial charge in [-0.2, -0.15) is 0 Å². The zero-order chi connectivity index (χ0) is 20.6. The second-order valence-corrected chi connectivity index (χ2v) is 6.38. The topological polar surface area (TPSA) is 97.4 Å². The molecule has 0 aromatic heterocycles. The highest BCUT2D eigenvalue weighted by Gasteiger charge is 2.26. The molecule has 0 radical (unpaired) electrons. The van der Waals surface area contributed by atoms with Gasteiger partial charge in [0, 0.05) is 12.5 Å². The summed E-state index contributed by atoms with van der Waals surface area (Å²) in [6, 6.07) is 4.65. The molecule has 27 heavy (non-hydrogen) atoms. The van der Waals surface area contributed by atoms with Crippen LogP contribution in [0.5, 0.6) is 5.75 Å². The number of hydrogen-bond acceptors (Lipinski definition) is 8. The molecule has 0 aliphatic rings. The molecule has 0 spiro atoms. The first-order valence-electron chi connectivity index (χ1n) is 8.06. The lowest BCUT2D eigenvalue weighted by Gasteiger charge is -2.22. The van der Waals surface area contributed by atoms with E-state index in [1.807, 2.05) is 0 Å². The number of carbonyl (C=O) groups excluding carboxylic acids is 3. The smallest absolute Gasteiger partial charge is 0.377 e. The summed E-state index contributed by atoms with van der Waals surface area (Å²) in [5.74, 6) is -2.23. The fourth-order valence-corrected chi connectivity index (χ4v) is 1.96. The van der Waals surface area contributed by atoms with E-state index in [-0.39, 0.29) is 23.7 Å². The summed E-state index contributed by atoms with van der Waals surface area (Å²) in [4.78, 5) is 35.7. The van der Waals surface area contributed by atoms with Crippen LogP contribution >= 0.6 is 0 Å². The number of benzene rings is 1. The van der Waals surface area contributed by atoms with Gasteiger partial charge in [0.15, 0.2) is 0 Å². The van der Waals surface area contributed by atoms with Crippen molar-refractivity contribution in [1.29, 1.82) is 0 Å². The second-order valence-electron chi connectivity index (χ2n) is 6.38. The molecule has 0 unspecified atom stereocenters. The summed E-state index contributed by atoms with van der Waals surface area (Å²) in [6.07, 6.45) is 1.05. The van der Waals surface area contributed by atoms with E-state index in [0.717, 1.165) is 6.26 Å². The van der Waals surface area contributed by atoms with Crippen molar-refractivity contribution in [1.82, 2.24) is 0 Å². The zero-order valence-electron chi connectivity index (χ0n) is 16.3. The van der Waals surface area contributed by atoms with E-state index in [1.165, 1.54) is 27.2 Å². The van der Waals surface area contributed by atoms with E-state index in [9.17, 15) is 14.4 Å². The van der Waals surface area contributed by atoms with Crippen LogP contribution in [0.3, 0.4) is 0 Å². The average Bonchev–Trinajstić information content (AvgIpc) is 2.57. The summed E-state index contributed by atoms with van der Waals surface area (Å²) in [7, 11) is 2.51. The minimum absolute atomic E-state index is 0.0274. The molecule has 0 bridgehead atoms. The van der Waals surface area contributed by atoms with Gasteiger partial charge in [-0.05, 0) is 26.8 Å². The van der Waals surface area contributed by atoms with Crippen LogP contribution < -0.4 is 4.74 Å². The third-order valence-corrected chi connectivity index (χ3v) is 2.98. The number of carbonyl (C=O) groups is 3. The Labute approximate surface area is 158 Å². The van der Waals surface area contributed by atoms with Crippen LogP contribution in [0.15, 0.2) is 30.2 Å². The standard InChI is InChI=1S/C19H24O8/c1-12(20)25-10-13-8-7-9-14(16(13)18(22)27-19(2,3)4)26-15(11-23-5)17(21)24-6/h7-9,11H,10H2,1-6H3/b15-11+. The Bertz CT molecular complexity index is 728. The molecule has 1 aromatic rings. The van der Waals surface area contributed by atoms with E-state index < -0.39 is 23.5 Å². The minimum Gasteiger partial charge on any atom is -0.500 e. The van der Waals surface area contributed by atoms with Crippen molar-refractivity contribution in [2.24, 2.45) is 0 Å². The van der Waals surface area contributed by atoms with Crippen molar-refractivity contribution >= 4 is 17.9 Å². The summed E-state index contributed by atoms with van der Waals surface area (Å²) >= 11 is 0. The summed E-state index contributed by atoms with van der Waals surface area (Å²) < 4.78 is 25.4. The van der Waals surface area contributed by atoms with Crippen LogP contribution in [-0.4, -0.2) is 37.7 Å². The SMILES string of the molecule is CO/C=C(/Oc1cccc(COC(C)=O)c1C(=O)OC(C)(C)C)C(=O)OC. The number of ether oxygens (including phenoxy) is 5. The Balaban J connectivity index is 3.38. The van der Waals surface area contributed by atoms with Gasteiger partial charge in [0.2, 0.25) is 5.76 Å². The van der Waals surface area contributed by atoms with Gasteiger partial charge in [0.05, 0.1) is 14.2 Å². The lowest BCUT2D eigenvalue weighted by Crippen LogP contribution is -2.25. The Kier molecular flexibility index (Phi) is 7.83. The highest BCUT2D eigenvalue weighted by atomic mass is 16.6. The third-order valence-electron chi connectivity index (χ3n) is 2.98. The first-order chi connectivity index (χ1) is 12.6. The first kappa shape index (κ1) is 22.0. The third kappa shape index (κ3) is 7.01. The van der Waals surface area contributed by atoms with Gasteiger partial charge in [0.25, 0.3) is 0 Å². The van der Waals surface area contributed by atoms with Crippen molar-refractivity contribution in [3.05, 3.63) is 41.3 Å². The Hall–Kier alpha value is -3.03. The maximum absolute atomic E-state index is 12.7. The molecule has 0 N–H and O–H groups in total. The Morgan fingerprint density at radius 3 is 2.30 bits per heavy atom. The molecule has 0 amide bonds. The van der Waals surface area contributed by atoms with Crippen molar-refractivity contribution in [3.8, 4) is 5.75 Å². The summed E-state index contributed by atoms with van der Waals surface area (Å²) in [5.41, 5.74) is -0.380. The highest BCUT2D eigenvalue weighted by molar-refractivity contribution is 5.95. The number of rotatable bonds is 7. The van der Waals surface area contributed by atoms with Gasteiger partial charge in [0.1, 0.15) is 29.8 Å². The second kappa shape index (κ2) is 9.61. The lowest BCUT2D eigenvalue weighted by atomic mass is 10.1. The van der Waals surface area contributed by atoms with Crippen molar-refractivity contribution < 1.29 is 38.1 Å². The Morgan fingerprint density at radius 2 is 1.78 bits per heavy atom. The molecule has 1 rings (SSSR count). The molecule has 0 saturated heterocycles. The van der Waals surface area contributed by atoms with E-state index >= 15 is 0 Å². The van der Waals surface area contributed by atoms with Crippen LogP contribution in [0, 0.1) is 0 Å². The quantitative estimate of drug-likeness (QED) is 0.308. The molecule has 0 heterocycles. The lowest BCUT2D eigenvalue weighted by molar-refractivity contribution is -0.142. The normalized spacial score (nSPS) is 11.4. The Morgan fingerprint density at radius 1 is 1.11 bits per heavy atom. The van der Waals surface area contributed by atoms with E-state index in [2.05, 4.69) is 4.74 Å². The van der Waals surface area contributed by atoms with Gasteiger partial charge >= 0.3 is 17.9 Å². The van der Waals surface area contributed by atoms with Gasteiger partial charge < -0.3 is 23.7 Å². The van der Waals surface area contributed by atoms with Crippen LogP contribution in [0.25, 0.3) is 0 Å². The van der Waals surface area contributed by atoms with Gasteiger partial charge in [-0.3, -0.25) is 4.79 Å². The molecular formula is C19H24O8. The molecule has 1 aromatic carbocycles. The monoisotopic (exact) mass is 380 g/mol. The van der Waals surface area contributed by atoms with Crippen LogP contribution in [0.4, 0.5) is 0 Å². The zero-order valence-corrected chi connectivity index (χ0v) is 16.3.